The van der Waals surface area contributed by atoms with Crippen LogP contribution in [-0.2, 0) is 17.9 Å². The van der Waals surface area contributed by atoms with Gasteiger partial charge < -0.3 is 9.47 Å². The fraction of sp³-hybridized carbons (Fsp3) is 0.278. The van der Waals surface area contributed by atoms with Gasteiger partial charge in [0.25, 0.3) is 0 Å². The number of carbonyl (C=O) groups is 1. The van der Waals surface area contributed by atoms with Gasteiger partial charge in [0.1, 0.15) is 0 Å². The fourth-order valence-electron chi connectivity index (χ4n) is 2.49. The Morgan fingerprint density at radius 2 is 1.93 bits per heavy atom. The minimum Gasteiger partial charge on any atom is -0.340 e. The number of carbonyl (C=O) groups excluding carboxylic acids is 1. The Morgan fingerprint density at radius 3 is 2.56 bits per heavy atom. The average molecular weight is 441 g/mol. The summed E-state index contributed by atoms with van der Waals surface area (Å²) in [4.78, 5) is 15.2. The predicted molar refractivity (Wildman–Crippen MR) is 113 cm³/mol. The molecule has 0 spiro atoms. The maximum atomic E-state index is 12.4. The van der Waals surface area contributed by atoms with Crippen LogP contribution < -0.4 is 0 Å². The van der Waals surface area contributed by atoms with Gasteiger partial charge in [0.05, 0.1) is 16.6 Å². The Kier molecular flexibility index (Phi) is 6.81. The molecule has 0 saturated heterocycles. The summed E-state index contributed by atoms with van der Waals surface area (Å²) >= 11 is 14.8. The first kappa shape index (κ1) is 20.2. The van der Waals surface area contributed by atoms with E-state index in [2.05, 4.69) is 10.2 Å². The zero-order chi connectivity index (χ0) is 19.4. The third-order valence-corrected chi connectivity index (χ3v) is 6.33. The molecule has 0 atom stereocenters. The van der Waals surface area contributed by atoms with Crippen LogP contribution in [0.25, 0.3) is 11.4 Å². The second-order valence-electron chi connectivity index (χ2n) is 5.80. The van der Waals surface area contributed by atoms with Crippen LogP contribution in [0.2, 0.25) is 9.36 Å². The molecule has 142 valence electrons. The van der Waals surface area contributed by atoms with Gasteiger partial charge in [-0.05, 0) is 43.3 Å². The number of thioether (sulfide) groups is 1. The summed E-state index contributed by atoms with van der Waals surface area (Å²) < 4.78 is 2.73. The summed E-state index contributed by atoms with van der Waals surface area (Å²) in [5.41, 5.74) is 0.943. The van der Waals surface area contributed by atoms with Gasteiger partial charge in [0.2, 0.25) is 5.91 Å². The average Bonchev–Trinajstić information content (AvgIpc) is 3.25. The summed E-state index contributed by atoms with van der Waals surface area (Å²) in [5, 5.41) is 9.96. The van der Waals surface area contributed by atoms with Crippen LogP contribution in [0.1, 0.15) is 11.8 Å². The molecule has 0 aliphatic heterocycles. The smallest absolute Gasteiger partial charge is 0.233 e. The Hall–Kier alpha value is -1.54. The molecule has 0 bridgehead atoms. The maximum absolute atomic E-state index is 12.4. The SMILES string of the molecule is CCn1c(SCC(=O)N(C)Cc2ccc(Cl)s2)nnc1-c1ccc(Cl)cc1. The topological polar surface area (TPSA) is 51.0 Å². The minimum absolute atomic E-state index is 0.0308. The number of nitrogens with zero attached hydrogens (tertiary/aromatic N) is 4. The lowest BCUT2D eigenvalue weighted by molar-refractivity contribution is -0.127. The number of benzene rings is 1. The molecule has 0 N–H and O–H groups in total. The molecule has 0 saturated carbocycles. The van der Waals surface area contributed by atoms with E-state index in [1.165, 1.54) is 23.1 Å². The quantitative estimate of drug-likeness (QED) is 0.480. The van der Waals surface area contributed by atoms with Crippen LogP contribution in [0.15, 0.2) is 41.6 Å². The van der Waals surface area contributed by atoms with Gasteiger partial charge in [0.15, 0.2) is 11.0 Å². The highest BCUT2D eigenvalue weighted by Gasteiger charge is 2.16. The van der Waals surface area contributed by atoms with Crippen LogP contribution in [0.5, 0.6) is 0 Å². The first-order valence-corrected chi connectivity index (χ1v) is 10.8. The van der Waals surface area contributed by atoms with Gasteiger partial charge in [-0.15, -0.1) is 21.5 Å². The van der Waals surface area contributed by atoms with Crippen molar-refractivity contribution in [3.05, 3.63) is 50.6 Å². The number of hydrogen-bond donors (Lipinski definition) is 0. The lowest BCUT2D eigenvalue weighted by atomic mass is 10.2. The standard InChI is InChI=1S/C18H18Cl2N4OS2/c1-3-24-17(12-4-6-13(19)7-5-12)21-22-18(24)26-11-16(25)23(2)10-14-8-9-15(20)27-14/h4-9H,3,10-11H2,1-2H3. The monoisotopic (exact) mass is 440 g/mol. The second kappa shape index (κ2) is 9.10. The Morgan fingerprint density at radius 1 is 1.19 bits per heavy atom. The predicted octanol–water partition coefficient (Wildman–Crippen LogP) is 5.08. The van der Waals surface area contributed by atoms with Crippen molar-refractivity contribution in [3.63, 3.8) is 0 Å². The number of amides is 1. The number of rotatable bonds is 7. The molecule has 9 heteroatoms. The normalized spacial score (nSPS) is 11.0. The number of hydrogen-bond acceptors (Lipinski definition) is 5. The van der Waals surface area contributed by atoms with Crippen molar-refractivity contribution in [2.75, 3.05) is 12.8 Å². The Balaban J connectivity index is 1.65. The molecule has 1 amide bonds. The van der Waals surface area contributed by atoms with Crippen LogP contribution in [0.3, 0.4) is 0 Å². The highest BCUT2D eigenvalue weighted by atomic mass is 35.5. The summed E-state index contributed by atoms with van der Waals surface area (Å²) in [6.45, 7) is 3.29. The summed E-state index contributed by atoms with van der Waals surface area (Å²) in [6, 6.07) is 11.3. The minimum atomic E-state index is 0.0308. The van der Waals surface area contributed by atoms with Crippen molar-refractivity contribution in [1.29, 1.82) is 0 Å². The third-order valence-electron chi connectivity index (χ3n) is 3.91. The largest absolute Gasteiger partial charge is 0.340 e. The van der Waals surface area contributed by atoms with E-state index in [-0.39, 0.29) is 5.91 Å². The third kappa shape index (κ3) is 5.04. The Labute approximate surface area is 176 Å². The van der Waals surface area contributed by atoms with Gasteiger partial charge in [-0.3, -0.25) is 4.79 Å². The number of halogens is 2. The Bertz CT molecular complexity index is 924. The van der Waals surface area contributed by atoms with Crippen LogP contribution in [-0.4, -0.2) is 38.4 Å². The van der Waals surface area contributed by atoms with E-state index in [1.807, 2.05) is 47.9 Å². The molecule has 5 nitrogen and oxygen atoms in total. The summed E-state index contributed by atoms with van der Waals surface area (Å²) in [7, 11) is 1.79. The van der Waals surface area contributed by atoms with Gasteiger partial charge in [-0.1, -0.05) is 35.0 Å². The van der Waals surface area contributed by atoms with E-state index in [0.717, 1.165) is 25.8 Å². The van der Waals surface area contributed by atoms with Gasteiger partial charge >= 0.3 is 0 Å². The first-order chi connectivity index (χ1) is 13.0. The molecule has 0 aliphatic rings. The highest BCUT2D eigenvalue weighted by molar-refractivity contribution is 7.99. The lowest BCUT2D eigenvalue weighted by Crippen LogP contribution is -2.27. The summed E-state index contributed by atoms with van der Waals surface area (Å²) in [6.07, 6.45) is 0. The van der Waals surface area contributed by atoms with E-state index in [4.69, 9.17) is 23.2 Å². The maximum Gasteiger partial charge on any atom is 0.233 e. The lowest BCUT2D eigenvalue weighted by Gasteiger charge is -2.16. The van der Waals surface area contributed by atoms with E-state index < -0.39 is 0 Å². The van der Waals surface area contributed by atoms with Crippen molar-refractivity contribution in [2.45, 2.75) is 25.2 Å². The molecule has 0 fully saturated rings. The molecule has 27 heavy (non-hydrogen) atoms. The first-order valence-electron chi connectivity index (χ1n) is 8.28. The number of aromatic nitrogens is 3. The molecule has 3 aromatic rings. The van der Waals surface area contributed by atoms with Gasteiger partial charge in [-0.2, -0.15) is 0 Å². The van der Waals surface area contributed by atoms with Crippen LogP contribution >= 0.6 is 46.3 Å². The molecule has 2 heterocycles. The van der Waals surface area contributed by atoms with Crippen molar-refractivity contribution in [3.8, 4) is 11.4 Å². The molecule has 0 aliphatic carbocycles. The number of thiophene rings is 1. The van der Waals surface area contributed by atoms with Crippen molar-refractivity contribution >= 4 is 52.2 Å². The van der Waals surface area contributed by atoms with Crippen LogP contribution in [0, 0.1) is 0 Å². The fourth-order valence-corrected chi connectivity index (χ4v) is 4.70. The van der Waals surface area contributed by atoms with E-state index in [0.29, 0.717) is 23.9 Å². The van der Waals surface area contributed by atoms with Gasteiger partial charge in [-0.25, -0.2) is 0 Å². The molecule has 1 aromatic carbocycles. The molecule has 0 unspecified atom stereocenters. The molecular weight excluding hydrogens is 423 g/mol. The zero-order valence-electron chi connectivity index (χ0n) is 14.9. The van der Waals surface area contributed by atoms with E-state index >= 15 is 0 Å². The van der Waals surface area contributed by atoms with Crippen molar-refractivity contribution < 1.29 is 4.79 Å². The van der Waals surface area contributed by atoms with E-state index in [9.17, 15) is 4.79 Å². The van der Waals surface area contributed by atoms with Gasteiger partial charge in [0, 0.05) is 29.1 Å². The molecule has 2 aromatic heterocycles. The van der Waals surface area contributed by atoms with Crippen molar-refractivity contribution in [1.82, 2.24) is 19.7 Å². The highest BCUT2D eigenvalue weighted by Crippen LogP contribution is 2.26. The van der Waals surface area contributed by atoms with Crippen molar-refractivity contribution in [2.24, 2.45) is 0 Å². The zero-order valence-corrected chi connectivity index (χ0v) is 18.0. The summed E-state index contributed by atoms with van der Waals surface area (Å²) in [5.74, 6) is 1.10. The molecular formula is C18H18Cl2N4OS2. The molecule has 0 radical (unpaired) electrons. The molecule has 3 rings (SSSR count). The second-order valence-corrected chi connectivity index (χ2v) is 8.98. The van der Waals surface area contributed by atoms with Crippen LogP contribution in [0.4, 0.5) is 0 Å². The van der Waals surface area contributed by atoms with E-state index in [1.54, 1.807) is 11.9 Å².